The van der Waals surface area contributed by atoms with Crippen LogP contribution in [0.3, 0.4) is 0 Å². The molecule has 0 aliphatic rings. The SMILES string of the molecule is CCCCCCOC(=O)OC(C)(C)CCCCCCO. The van der Waals surface area contributed by atoms with E-state index in [0.717, 1.165) is 44.9 Å². The van der Waals surface area contributed by atoms with Gasteiger partial charge in [-0.3, -0.25) is 0 Å². The minimum Gasteiger partial charge on any atom is -0.434 e. The van der Waals surface area contributed by atoms with Crippen LogP contribution in [0.15, 0.2) is 0 Å². The normalized spacial score (nSPS) is 11.4. The molecule has 0 aromatic rings. The van der Waals surface area contributed by atoms with Crippen LogP contribution in [0.1, 0.15) is 78.6 Å². The molecule has 0 amide bonds. The van der Waals surface area contributed by atoms with Crippen LogP contribution in [0.25, 0.3) is 0 Å². The molecule has 0 aliphatic heterocycles. The highest BCUT2D eigenvalue weighted by atomic mass is 16.7. The minimum atomic E-state index is -0.554. The molecule has 0 fully saturated rings. The Balaban J connectivity index is 3.63. The predicted molar refractivity (Wildman–Crippen MR) is 80.8 cm³/mol. The van der Waals surface area contributed by atoms with Gasteiger partial charge in [0.2, 0.25) is 0 Å². The molecule has 1 N–H and O–H groups in total. The summed E-state index contributed by atoms with van der Waals surface area (Å²) in [4.78, 5) is 11.5. The van der Waals surface area contributed by atoms with Gasteiger partial charge in [-0.05, 0) is 39.5 Å². The van der Waals surface area contributed by atoms with Crippen molar-refractivity contribution in [3.8, 4) is 0 Å². The topological polar surface area (TPSA) is 55.8 Å². The van der Waals surface area contributed by atoms with Gasteiger partial charge in [-0.25, -0.2) is 4.79 Å². The van der Waals surface area contributed by atoms with Crippen LogP contribution in [0.2, 0.25) is 0 Å². The zero-order chi connectivity index (χ0) is 15.3. The van der Waals surface area contributed by atoms with Crippen molar-refractivity contribution in [3.63, 3.8) is 0 Å². The van der Waals surface area contributed by atoms with Crippen LogP contribution in [-0.4, -0.2) is 30.1 Å². The van der Waals surface area contributed by atoms with Gasteiger partial charge in [0.25, 0.3) is 0 Å². The summed E-state index contributed by atoms with van der Waals surface area (Å²) in [5.41, 5.74) is -0.473. The van der Waals surface area contributed by atoms with Crippen molar-refractivity contribution in [3.05, 3.63) is 0 Å². The first kappa shape index (κ1) is 19.2. The lowest BCUT2D eigenvalue weighted by molar-refractivity contribution is -0.0219. The molecular weight excluding hydrogens is 256 g/mol. The van der Waals surface area contributed by atoms with Crippen molar-refractivity contribution >= 4 is 6.16 Å². The fourth-order valence-corrected chi connectivity index (χ4v) is 2.01. The summed E-state index contributed by atoms with van der Waals surface area (Å²) in [5, 5.41) is 8.69. The summed E-state index contributed by atoms with van der Waals surface area (Å²) < 4.78 is 10.4. The van der Waals surface area contributed by atoms with Gasteiger partial charge in [-0.1, -0.05) is 39.0 Å². The Kier molecular flexibility index (Phi) is 11.5. The average Bonchev–Trinajstić information content (AvgIpc) is 2.37. The van der Waals surface area contributed by atoms with E-state index in [9.17, 15) is 4.79 Å². The van der Waals surface area contributed by atoms with E-state index < -0.39 is 11.8 Å². The maximum absolute atomic E-state index is 11.5. The maximum atomic E-state index is 11.5. The highest BCUT2D eigenvalue weighted by molar-refractivity contribution is 5.60. The van der Waals surface area contributed by atoms with Gasteiger partial charge in [-0.15, -0.1) is 0 Å². The van der Waals surface area contributed by atoms with Gasteiger partial charge in [-0.2, -0.15) is 0 Å². The van der Waals surface area contributed by atoms with Crippen molar-refractivity contribution in [2.45, 2.75) is 84.2 Å². The molecule has 4 nitrogen and oxygen atoms in total. The Labute approximate surface area is 123 Å². The molecule has 0 aromatic carbocycles. The van der Waals surface area contributed by atoms with Gasteiger partial charge >= 0.3 is 6.16 Å². The first-order valence-electron chi connectivity index (χ1n) is 7.98. The number of rotatable bonds is 12. The number of unbranched alkanes of at least 4 members (excludes halogenated alkanes) is 6. The van der Waals surface area contributed by atoms with E-state index in [-0.39, 0.29) is 6.61 Å². The third-order valence-electron chi connectivity index (χ3n) is 3.26. The molecule has 0 aliphatic carbocycles. The Bertz CT molecular complexity index is 239. The van der Waals surface area contributed by atoms with E-state index in [1.807, 2.05) is 13.8 Å². The zero-order valence-corrected chi connectivity index (χ0v) is 13.5. The molecule has 0 radical (unpaired) electrons. The molecule has 0 saturated carbocycles. The lowest BCUT2D eigenvalue weighted by Crippen LogP contribution is -2.28. The minimum absolute atomic E-state index is 0.254. The summed E-state index contributed by atoms with van der Waals surface area (Å²) in [7, 11) is 0. The number of aliphatic hydroxyl groups excluding tert-OH is 1. The fourth-order valence-electron chi connectivity index (χ4n) is 2.01. The molecule has 0 rings (SSSR count). The van der Waals surface area contributed by atoms with Gasteiger partial charge in [0.05, 0.1) is 6.61 Å². The summed E-state index contributed by atoms with van der Waals surface area (Å²) >= 11 is 0. The summed E-state index contributed by atoms with van der Waals surface area (Å²) in [6, 6.07) is 0. The van der Waals surface area contributed by atoms with Crippen molar-refractivity contribution in [1.82, 2.24) is 0 Å². The van der Waals surface area contributed by atoms with Crippen LogP contribution < -0.4 is 0 Å². The standard InChI is InChI=1S/C16H32O4/c1-4-5-6-11-14-19-15(18)20-16(2,3)12-9-7-8-10-13-17/h17H,4-14H2,1-3H3. The molecule has 0 heterocycles. The molecule has 4 heteroatoms. The number of carbonyl (C=O) groups is 1. The van der Waals surface area contributed by atoms with E-state index in [1.165, 1.54) is 12.8 Å². The Hall–Kier alpha value is -0.770. The van der Waals surface area contributed by atoms with Crippen LogP contribution in [0, 0.1) is 0 Å². The monoisotopic (exact) mass is 288 g/mol. The van der Waals surface area contributed by atoms with Crippen molar-refractivity contribution < 1.29 is 19.4 Å². The quantitative estimate of drug-likeness (QED) is 0.426. The number of carbonyl (C=O) groups excluding carboxylic acids is 1. The third kappa shape index (κ3) is 12.3. The summed E-state index contributed by atoms with van der Waals surface area (Å²) in [5.74, 6) is 0. The second-order valence-corrected chi connectivity index (χ2v) is 5.91. The molecule has 0 unspecified atom stereocenters. The molecule has 0 spiro atoms. The highest BCUT2D eigenvalue weighted by Crippen LogP contribution is 2.19. The Morgan fingerprint density at radius 2 is 1.65 bits per heavy atom. The van der Waals surface area contributed by atoms with Crippen molar-refractivity contribution in [2.24, 2.45) is 0 Å². The van der Waals surface area contributed by atoms with Crippen LogP contribution in [0.5, 0.6) is 0 Å². The molecule has 0 bridgehead atoms. The Morgan fingerprint density at radius 1 is 1.00 bits per heavy atom. The number of ether oxygens (including phenoxy) is 2. The van der Waals surface area contributed by atoms with Gasteiger partial charge in [0.1, 0.15) is 5.60 Å². The van der Waals surface area contributed by atoms with Gasteiger partial charge < -0.3 is 14.6 Å². The molecule has 0 saturated heterocycles. The van der Waals surface area contributed by atoms with E-state index in [0.29, 0.717) is 6.61 Å². The average molecular weight is 288 g/mol. The van der Waals surface area contributed by atoms with Gasteiger partial charge in [0, 0.05) is 6.61 Å². The first-order valence-corrected chi connectivity index (χ1v) is 7.98. The molecular formula is C16H32O4. The van der Waals surface area contributed by atoms with Crippen LogP contribution >= 0.6 is 0 Å². The lowest BCUT2D eigenvalue weighted by Gasteiger charge is -2.24. The van der Waals surface area contributed by atoms with Gasteiger partial charge in [0.15, 0.2) is 0 Å². The third-order valence-corrected chi connectivity index (χ3v) is 3.26. The fraction of sp³-hybridized carbons (Fsp3) is 0.938. The van der Waals surface area contributed by atoms with Crippen molar-refractivity contribution in [2.75, 3.05) is 13.2 Å². The number of hydrogen-bond acceptors (Lipinski definition) is 4. The number of hydrogen-bond donors (Lipinski definition) is 1. The molecule has 0 aromatic heterocycles. The van der Waals surface area contributed by atoms with Crippen LogP contribution in [-0.2, 0) is 9.47 Å². The second-order valence-electron chi connectivity index (χ2n) is 5.91. The zero-order valence-electron chi connectivity index (χ0n) is 13.5. The smallest absolute Gasteiger partial charge is 0.434 e. The van der Waals surface area contributed by atoms with E-state index in [4.69, 9.17) is 14.6 Å². The lowest BCUT2D eigenvalue weighted by atomic mass is 10.00. The highest BCUT2D eigenvalue weighted by Gasteiger charge is 2.23. The largest absolute Gasteiger partial charge is 0.508 e. The molecule has 120 valence electrons. The van der Waals surface area contributed by atoms with Crippen molar-refractivity contribution in [1.29, 1.82) is 0 Å². The van der Waals surface area contributed by atoms with E-state index in [2.05, 4.69) is 6.92 Å². The van der Waals surface area contributed by atoms with Crippen LogP contribution in [0.4, 0.5) is 4.79 Å². The molecule has 20 heavy (non-hydrogen) atoms. The first-order chi connectivity index (χ1) is 9.52. The summed E-state index contributed by atoms with van der Waals surface area (Å²) in [6.45, 7) is 6.68. The van der Waals surface area contributed by atoms with E-state index >= 15 is 0 Å². The predicted octanol–water partition coefficient (Wildman–Crippen LogP) is 4.44. The Morgan fingerprint density at radius 3 is 2.30 bits per heavy atom. The second kappa shape index (κ2) is 12.0. The van der Waals surface area contributed by atoms with E-state index in [1.54, 1.807) is 0 Å². The summed E-state index contributed by atoms with van der Waals surface area (Å²) in [6.07, 6.45) is 8.55. The maximum Gasteiger partial charge on any atom is 0.508 e. The molecule has 0 atom stereocenters. The number of aliphatic hydroxyl groups is 1.